The number of benzene rings is 1. The van der Waals surface area contributed by atoms with Crippen molar-refractivity contribution in [3.05, 3.63) is 56.5 Å². The molecule has 1 aromatic carbocycles. The van der Waals surface area contributed by atoms with Gasteiger partial charge in [0.25, 0.3) is 5.56 Å². The number of rotatable bonds is 7. The van der Waals surface area contributed by atoms with E-state index in [1.54, 1.807) is 4.90 Å². The number of morpholine rings is 1. The number of carbonyl (C=O) groups excluding carboxylic acids is 1. The van der Waals surface area contributed by atoms with Crippen LogP contribution in [0.2, 0.25) is 5.02 Å². The van der Waals surface area contributed by atoms with Crippen molar-refractivity contribution in [1.82, 2.24) is 14.9 Å². The fourth-order valence-electron chi connectivity index (χ4n) is 3.41. The summed E-state index contributed by atoms with van der Waals surface area (Å²) in [4.78, 5) is 36.5. The number of aryl methyl sites for hydroxylation is 1. The molecule has 3 rings (SSSR count). The smallest absolute Gasteiger partial charge is 0.255 e. The van der Waals surface area contributed by atoms with E-state index in [2.05, 4.69) is 9.97 Å². The molecule has 1 N–H and O–H groups in total. The first kappa shape index (κ1) is 21.3. The fraction of sp³-hybridized carbons (Fsp3) is 0.476. The molecule has 1 aliphatic rings. The van der Waals surface area contributed by atoms with Crippen molar-refractivity contribution in [3.63, 3.8) is 0 Å². The standard InChI is InChI=1S/C21H27ClN4O3/c1-3-25(14-16-6-4-5-7-18(16)22)19(27)9-8-17-15(2)23-21(24-20(17)28)26-10-12-29-13-11-26/h4-7H,3,8-14H2,1-2H3,(H,23,24,28). The molecule has 1 fully saturated rings. The highest BCUT2D eigenvalue weighted by Crippen LogP contribution is 2.18. The Bertz CT molecular complexity index is 909. The Labute approximate surface area is 175 Å². The monoisotopic (exact) mass is 418 g/mol. The minimum atomic E-state index is -0.180. The summed E-state index contributed by atoms with van der Waals surface area (Å²) >= 11 is 6.22. The summed E-state index contributed by atoms with van der Waals surface area (Å²) in [6.45, 7) is 7.44. The number of aromatic nitrogens is 2. The van der Waals surface area contributed by atoms with Gasteiger partial charge in [-0.25, -0.2) is 4.98 Å². The molecule has 156 valence electrons. The van der Waals surface area contributed by atoms with Crippen LogP contribution in [0.4, 0.5) is 5.95 Å². The largest absolute Gasteiger partial charge is 0.378 e. The summed E-state index contributed by atoms with van der Waals surface area (Å²) in [6.07, 6.45) is 0.607. The van der Waals surface area contributed by atoms with E-state index in [4.69, 9.17) is 16.3 Å². The minimum absolute atomic E-state index is 0.0107. The summed E-state index contributed by atoms with van der Waals surface area (Å²) in [5.41, 5.74) is 1.96. The lowest BCUT2D eigenvalue weighted by Crippen LogP contribution is -2.38. The van der Waals surface area contributed by atoms with E-state index >= 15 is 0 Å². The first-order valence-electron chi connectivity index (χ1n) is 9.93. The number of aromatic amines is 1. The number of halogens is 1. The number of H-pyrrole nitrogens is 1. The number of nitrogens with zero attached hydrogens (tertiary/aromatic N) is 3. The van der Waals surface area contributed by atoms with Gasteiger partial charge in [0.15, 0.2) is 0 Å². The van der Waals surface area contributed by atoms with Crippen LogP contribution < -0.4 is 10.5 Å². The predicted molar refractivity (Wildman–Crippen MR) is 113 cm³/mol. The molecule has 0 saturated carbocycles. The second-order valence-electron chi connectivity index (χ2n) is 7.05. The molecule has 1 amide bonds. The zero-order valence-corrected chi connectivity index (χ0v) is 17.7. The van der Waals surface area contributed by atoms with E-state index in [0.29, 0.717) is 68.0 Å². The summed E-state index contributed by atoms with van der Waals surface area (Å²) in [7, 11) is 0. The summed E-state index contributed by atoms with van der Waals surface area (Å²) in [5.74, 6) is 0.559. The van der Waals surface area contributed by atoms with Crippen molar-refractivity contribution in [2.45, 2.75) is 33.2 Å². The predicted octanol–water partition coefficient (Wildman–Crippen LogP) is 2.55. The first-order chi connectivity index (χ1) is 14.0. The Balaban J connectivity index is 1.65. The van der Waals surface area contributed by atoms with Gasteiger partial charge in [-0.05, 0) is 31.9 Å². The van der Waals surface area contributed by atoms with Crippen molar-refractivity contribution in [3.8, 4) is 0 Å². The van der Waals surface area contributed by atoms with Gasteiger partial charge in [0.1, 0.15) is 0 Å². The maximum atomic E-state index is 12.7. The number of hydrogen-bond donors (Lipinski definition) is 1. The van der Waals surface area contributed by atoms with Gasteiger partial charge in [-0.15, -0.1) is 0 Å². The third kappa shape index (κ3) is 5.36. The van der Waals surface area contributed by atoms with Gasteiger partial charge in [-0.3, -0.25) is 14.6 Å². The van der Waals surface area contributed by atoms with E-state index in [1.807, 2.05) is 43.0 Å². The van der Waals surface area contributed by atoms with Crippen molar-refractivity contribution >= 4 is 23.5 Å². The Morgan fingerprint density at radius 3 is 2.69 bits per heavy atom. The van der Waals surface area contributed by atoms with Crippen LogP contribution in [-0.2, 0) is 22.5 Å². The lowest BCUT2D eigenvalue weighted by atomic mass is 10.1. The van der Waals surface area contributed by atoms with Gasteiger partial charge in [-0.1, -0.05) is 29.8 Å². The number of carbonyl (C=O) groups is 1. The Morgan fingerprint density at radius 1 is 1.31 bits per heavy atom. The SMILES string of the molecule is CCN(Cc1ccccc1Cl)C(=O)CCc1c(C)nc(N2CCOCC2)[nH]c1=O. The molecule has 29 heavy (non-hydrogen) atoms. The number of amides is 1. The maximum Gasteiger partial charge on any atom is 0.255 e. The third-order valence-electron chi connectivity index (χ3n) is 5.16. The Hall–Kier alpha value is -2.38. The highest BCUT2D eigenvalue weighted by atomic mass is 35.5. The molecule has 8 heteroatoms. The van der Waals surface area contributed by atoms with Gasteiger partial charge >= 0.3 is 0 Å². The zero-order valence-electron chi connectivity index (χ0n) is 16.9. The maximum absolute atomic E-state index is 12.7. The van der Waals surface area contributed by atoms with Crippen LogP contribution in [0.5, 0.6) is 0 Å². The van der Waals surface area contributed by atoms with Crippen LogP contribution >= 0.6 is 11.6 Å². The molecule has 0 spiro atoms. The quantitative estimate of drug-likeness (QED) is 0.747. The molecule has 1 saturated heterocycles. The molecule has 0 radical (unpaired) electrons. The molecule has 0 unspecified atom stereocenters. The molecular weight excluding hydrogens is 392 g/mol. The van der Waals surface area contributed by atoms with Crippen molar-refractivity contribution in [2.24, 2.45) is 0 Å². The van der Waals surface area contributed by atoms with Gasteiger partial charge in [0, 0.05) is 48.9 Å². The first-order valence-corrected chi connectivity index (χ1v) is 10.3. The summed E-state index contributed by atoms with van der Waals surface area (Å²) in [6, 6.07) is 7.51. The van der Waals surface area contributed by atoms with Crippen molar-refractivity contribution in [1.29, 1.82) is 0 Å². The molecule has 0 aliphatic carbocycles. The van der Waals surface area contributed by atoms with Gasteiger partial charge in [0.05, 0.1) is 13.2 Å². The van der Waals surface area contributed by atoms with Crippen LogP contribution in [-0.4, -0.2) is 53.6 Å². The molecular formula is C21H27ClN4O3. The van der Waals surface area contributed by atoms with E-state index in [9.17, 15) is 9.59 Å². The second-order valence-corrected chi connectivity index (χ2v) is 7.46. The van der Waals surface area contributed by atoms with E-state index in [1.165, 1.54) is 0 Å². The lowest BCUT2D eigenvalue weighted by Gasteiger charge is -2.27. The molecule has 0 atom stereocenters. The molecule has 7 nitrogen and oxygen atoms in total. The molecule has 2 aromatic rings. The van der Waals surface area contributed by atoms with Gasteiger partial charge in [0.2, 0.25) is 11.9 Å². The highest BCUT2D eigenvalue weighted by Gasteiger charge is 2.18. The zero-order chi connectivity index (χ0) is 20.8. The van der Waals surface area contributed by atoms with E-state index < -0.39 is 0 Å². The lowest BCUT2D eigenvalue weighted by molar-refractivity contribution is -0.131. The topological polar surface area (TPSA) is 78.5 Å². The van der Waals surface area contributed by atoms with Gasteiger partial charge < -0.3 is 14.5 Å². The Kier molecular flexibility index (Phi) is 7.28. The molecule has 2 heterocycles. The fourth-order valence-corrected chi connectivity index (χ4v) is 3.61. The van der Waals surface area contributed by atoms with Crippen molar-refractivity contribution < 1.29 is 9.53 Å². The Morgan fingerprint density at radius 2 is 2.03 bits per heavy atom. The summed E-state index contributed by atoms with van der Waals surface area (Å²) < 4.78 is 5.34. The number of hydrogen-bond acceptors (Lipinski definition) is 5. The van der Waals surface area contributed by atoms with Gasteiger partial charge in [-0.2, -0.15) is 0 Å². The molecule has 0 bridgehead atoms. The van der Waals surface area contributed by atoms with Crippen LogP contribution in [0, 0.1) is 6.92 Å². The minimum Gasteiger partial charge on any atom is -0.378 e. The number of anilines is 1. The molecule has 1 aliphatic heterocycles. The second kappa shape index (κ2) is 9.89. The van der Waals surface area contributed by atoms with Crippen LogP contribution in [0.15, 0.2) is 29.1 Å². The normalized spacial score (nSPS) is 14.1. The number of ether oxygens (including phenoxy) is 1. The highest BCUT2D eigenvalue weighted by molar-refractivity contribution is 6.31. The van der Waals surface area contributed by atoms with Crippen LogP contribution in [0.3, 0.4) is 0 Å². The van der Waals surface area contributed by atoms with Crippen molar-refractivity contribution in [2.75, 3.05) is 37.7 Å². The van der Waals surface area contributed by atoms with Crippen LogP contribution in [0.25, 0.3) is 0 Å². The average Bonchev–Trinajstić information content (AvgIpc) is 2.73. The van der Waals surface area contributed by atoms with E-state index in [-0.39, 0.29) is 17.9 Å². The van der Waals surface area contributed by atoms with E-state index in [0.717, 1.165) is 5.56 Å². The van der Waals surface area contributed by atoms with Crippen LogP contribution in [0.1, 0.15) is 30.2 Å². The average molecular weight is 419 g/mol. The number of nitrogens with one attached hydrogen (secondary N) is 1. The molecule has 1 aromatic heterocycles. The third-order valence-corrected chi connectivity index (χ3v) is 5.53. The summed E-state index contributed by atoms with van der Waals surface area (Å²) in [5, 5.41) is 0.647.